The van der Waals surface area contributed by atoms with Crippen molar-refractivity contribution in [2.75, 3.05) is 24.3 Å². The van der Waals surface area contributed by atoms with E-state index >= 15 is 0 Å². The second kappa shape index (κ2) is 4.14. The summed E-state index contributed by atoms with van der Waals surface area (Å²) >= 11 is 0. The monoisotopic (exact) mass is 234 g/mol. The average Bonchev–Trinajstić information content (AvgIpc) is 2.91. The summed E-state index contributed by atoms with van der Waals surface area (Å²) in [5, 5.41) is 3.46. The Hall–Kier alpha value is -1.36. The maximum atomic E-state index is 5.82. The molecule has 5 heteroatoms. The summed E-state index contributed by atoms with van der Waals surface area (Å²) in [6.45, 7) is 0. The lowest BCUT2D eigenvalue weighted by atomic mass is 9.95. The van der Waals surface area contributed by atoms with Gasteiger partial charge in [0.25, 0.3) is 0 Å². The van der Waals surface area contributed by atoms with Gasteiger partial charge in [-0.05, 0) is 25.3 Å². The standard InChI is InChI=1S/C12H18N4O/c1-16(2)12-13-6-5-11(15-12)14-9-7-8-3-4-10(9)17-8/h5-6,8-10H,3-4,7H2,1-2H3,(H,13,14,15). The average molecular weight is 234 g/mol. The predicted molar refractivity (Wildman–Crippen MR) is 66.3 cm³/mol. The van der Waals surface area contributed by atoms with Crippen LogP contribution in [0.1, 0.15) is 19.3 Å². The maximum Gasteiger partial charge on any atom is 0.226 e. The highest BCUT2D eigenvalue weighted by Gasteiger charge is 2.40. The second-order valence-corrected chi connectivity index (χ2v) is 5.00. The fourth-order valence-corrected chi connectivity index (χ4v) is 2.62. The molecule has 0 aliphatic carbocycles. The number of ether oxygens (including phenoxy) is 1. The number of nitrogens with one attached hydrogen (secondary N) is 1. The van der Waals surface area contributed by atoms with Crippen molar-refractivity contribution in [2.24, 2.45) is 0 Å². The molecule has 2 aliphatic heterocycles. The molecule has 0 spiro atoms. The van der Waals surface area contributed by atoms with E-state index in [1.54, 1.807) is 6.20 Å². The lowest BCUT2D eigenvalue weighted by Crippen LogP contribution is -2.31. The Bertz CT molecular complexity index is 409. The van der Waals surface area contributed by atoms with E-state index in [4.69, 9.17) is 4.74 Å². The van der Waals surface area contributed by atoms with E-state index in [0.717, 1.165) is 18.2 Å². The van der Waals surface area contributed by atoms with Crippen LogP contribution in [-0.2, 0) is 4.74 Å². The van der Waals surface area contributed by atoms with Crippen LogP contribution in [0.15, 0.2) is 12.3 Å². The topological polar surface area (TPSA) is 50.3 Å². The van der Waals surface area contributed by atoms with Crippen LogP contribution in [0, 0.1) is 0 Å². The zero-order valence-electron chi connectivity index (χ0n) is 10.3. The van der Waals surface area contributed by atoms with Crippen molar-refractivity contribution in [3.05, 3.63) is 12.3 Å². The zero-order valence-corrected chi connectivity index (χ0v) is 10.3. The first-order chi connectivity index (χ1) is 8.22. The highest BCUT2D eigenvalue weighted by Crippen LogP contribution is 2.35. The fourth-order valence-electron chi connectivity index (χ4n) is 2.62. The molecule has 1 aromatic heterocycles. The minimum absolute atomic E-state index is 0.373. The third kappa shape index (κ3) is 2.07. The molecule has 2 saturated heterocycles. The van der Waals surface area contributed by atoms with Gasteiger partial charge in [-0.3, -0.25) is 0 Å². The van der Waals surface area contributed by atoms with Crippen LogP contribution >= 0.6 is 0 Å². The van der Waals surface area contributed by atoms with Crippen molar-refractivity contribution in [2.45, 2.75) is 37.5 Å². The van der Waals surface area contributed by atoms with Crippen LogP contribution in [0.2, 0.25) is 0 Å². The summed E-state index contributed by atoms with van der Waals surface area (Å²) < 4.78 is 5.82. The number of anilines is 2. The van der Waals surface area contributed by atoms with Crippen LogP contribution < -0.4 is 10.2 Å². The molecule has 0 amide bonds. The van der Waals surface area contributed by atoms with Crippen LogP contribution in [-0.4, -0.2) is 42.3 Å². The Balaban J connectivity index is 1.70. The van der Waals surface area contributed by atoms with E-state index < -0.39 is 0 Å². The summed E-state index contributed by atoms with van der Waals surface area (Å²) in [4.78, 5) is 10.6. The lowest BCUT2D eigenvalue weighted by molar-refractivity contribution is 0.102. The number of fused-ring (bicyclic) bond motifs is 2. The van der Waals surface area contributed by atoms with Crippen molar-refractivity contribution in [1.29, 1.82) is 0 Å². The molecule has 2 bridgehead atoms. The normalized spacial score (nSPS) is 30.6. The molecule has 2 fully saturated rings. The van der Waals surface area contributed by atoms with Crippen LogP contribution in [0.25, 0.3) is 0 Å². The molecule has 92 valence electrons. The van der Waals surface area contributed by atoms with Crippen molar-refractivity contribution >= 4 is 11.8 Å². The Morgan fingerprint density at radius 1 is 1.41 bits per heavy atom. The maximum absolute atomic E-state index is 5.82. The highest BCUT2D eigenvalue weighted by atomic mass is 16.5. The molecule has 3 heterocycles. The molecule has 0 saturated carbocycles. The van der Waals surface area contributed by atoms with E-state index in [2.05, 4.69) is 15.3 Å². The minimum Gasteiger partial charge on any atom is -0.373 e. The molecule has 3 unspecified atom stereocenters. The summed E-state index contributed by atoms with van der Waals surface area (Å²) in [5.74, 6) is 1.63. The Morgan fingerprint density at radius 3 is 2.94 bits per heavy atom. The second-order valence-electron chi connectivity index (χ2n) is 5.00. The summed E-state index contributed by atoms with van der Waals surface area (Å²) in [5.41, 5.74) is 0. The van der Waals surface area contributed by atoms with Crippen molar-refractivity contribution < 1.29 is 4.74 Å². The van der Waals surface area contributed by atoms with Gasteiger partial charge in [-0.25, -0.2) is 4.98 Å². The molecule has 17 heavy (non-hydrogen) atoms. The summed E-state index contributed by atoms with van der Waals surface area (Å²) in [7, 11) is 3.89. The van der Waals surface area contributed by atoms with Gasteiger partial charge >= 0.3 is 0 Å². The first kappa shape index (κ1) is 10.8. The van der Waals surface area contributed by atoms with Gasteiger partial charge in [0.15, 0.2) is 0 Å². The van der Waals surface area contributed by atoms with Crippen LogP contribution in [0.3, 0.4) is 0 Å². The Labute approximate surface area is 101 Å². The molecular formula is C12H18N4O. The molecule has 0 aromatic carbocycles. The van der Waals surface area contributed by atoms with Crippen molar-refractivity contribution in [3.8, 4) is 0 Å². The van der Waals surface area contributed by atoms with Gasteiger partial charge in [-0.1, -0.05) is 0 Å². The van der Waals surface area contributed by atoms with E-state index in [1.165, 1.54) is 12.8 Å². The Morgan fingerprint density at radius 2 is 2.29 bits per heavy atom. The molecule has 3 atom stereocenters. The number of nitrogens with zero attached hydrogens (tertiary/aromatic N) is 3. The molecule has 2 aliphatic rings. The van der Waals surface area contributed by atoms with Crippen LogP contribution in [0.5, 0.6) is 0 Å². The van der Waals surface area contributed by atoms with Crippen molar-refractivity contribution in [1.82, 2.24) is 9.97 Å². The number of aromatic nitrogens is 2. The third-order valence-corrected chi connectivity index (χ3v) is 3.48. The third-order valence-electron chi connectivity index (χ3n) is 3.48. The predicted octanol–water partition coefficient (Wildman–Crippen LogP) is 1.27. The summed E-state index contributed by atoms with van der Waals surface area (Å²) in [6, 6.07) is 2.33. The van der Waals surface area contributed by atoms with Crippen LogP contribution in [0.4, 0.5) is 11.8 Å². The minimum atomic E-state index is 0.373. The van der Waals surface area contributed by atoms with Gasteiger partial charge < -0.3 is 15.0 Å². The number of hydrogen-bond acceptors (Lipinski definition) is 5. The first-order valence-electron chi connectivity index (χ1n) is 6.15. The lowest BCUT2D eigenvalue weighted by Gasteiger charge is -2.21. The molecule has 1 aromatic rings. The van der Waals surface area contributed by atoms with Gasteiger partial charge in [-0.2, -0.15) is 4.98 Å². The van der Waals surface area contributed by atoms with E-state index in [1.807, 2.05) is 25.1 Å². The smallest absolute Gasteiger partial charge is 0.226 e. The van der Waals surface area contributed by atoms with E-state index in [0.29, 0.717) is 18.2 Å². The van der Waals surface area contributed by atoms with E-state index in [-0.39, 0.29) is 0 Å². The fraction of sp³-hybridized carbons (Fsp3) is 0.667. The van der Waals surface area contributed by atoms with E-state index in [9.17, 15) is 0 Å². The number of hydrogen-bond donors (Lipinski definition) is 1. The largest absolute Gasteiger partial charge is 0.373 e. The molecule has 3 rings (SSSR count). The van der Waals surface area contributed by atoms with Gasteiger partial charge in [0, 0.05) is 20.3 Å². The molecular weight excluding hydrogens is 216 g/mol. The first-order valence-corrected chi connectivity index (χ1v) is 6.15. The number of rotatable bonds is 3. The molecule has 1 N–H and O–H groups in total. The molecule has 0 radical (unpaired) electrons. The Kier molecular flexibility index (Phi) is 2.63. The van der Waals surface area contributed by atoms with Crippen molar-refractivity contribution in [3.63, 3.8) is 0 Å². The zero-order chi connectivity index (χ0) is 11.8. The quantitative estimate of drug-likeness (QED) is 0.853. The van der Waals surface area contributed by atoms with Gasteiger partial charge in [0.05, 0.1) is 18.2 Å². The van der Waals surface area contributed by atoms with Gasteiger partial charge in [0.2, 0.25) is 5.95 Å². The van der Waals surface area contributed by atoms with Gasteiger partial charge in [0.1, 0.15) is 5.82 Å². The van der Waals surface area contributed by atoms with Gasteiger partial charge in [-0.15, -0.1) is 0 Å². The summed E-state index contributed by atoms with van der Waals surface area (Å²) in [6.07, 6.45) is 6.12. The SMILES string of the molecule is CN(C)c1nccc(NC2CC3CCC2O3)n1. The highest BCUT2D eigenvalue weighted by molar-refractivity contribution is 5.41. The molecule has 5 nitrogen and oxygen atoms in total.